The first kappa shape index (κ1) is 12.2. The zero-order valence-corrected chi connectivity index (χ0v) is 10.9. The van der Waals surface area contributed by atoms with E-state index in [-0.39, 0.29) is 0 Å². The minimum absolute atomic E-state index is 0.576. The number of likely N-dealkylation sites (tertiary alicyclic amines) is 1. The summed E-state index contributed by atoms with van der Waals surface area (Å²) in [6.07, 6.45) is 2.55. The number of benzene rings is 1. The van der Waals surface area contributed by atoms with Gasteiger partial charge in [0.2, 0.25) is 0 Å². The Bertz CT molecular complexity index is 376. The molecule has 0 bridgehead atoms. The Hall–Kier alpha value is -1.22. The summed E-state index contributed by atoms with van der Waals surface area (Å²) in [7, 11) is 0. The molecule has 3 heteroatoms. The Morgan fingerprint density at radius 1 is 1.47 bits per heavy atom. The summed E-state index contributed by atoms with van der Waals surface area (Å²) in [5, 5.41) is 3.62. The molecule has 0 aliphatic carbocycles. The van der Waals surface area contributed by atoms with Gasteiger partial charge in [0.15, 0.2) is 0 Å². The lowest BCUT2D eigenvalue weighted by Crippen LogP contribution is -2.41. The van der Waals surface area contributed by atoms with Crippen molar-refractivity contribution in [2.24, 2.45) is 0 Å². The van der Waals surface area contributed by atoms with Crippen LogP contribution in [0.15, 0.2) is 18.2 Å². The van der Waals surface area contributed by atoms with E-state index in [9.17, 15) is 0 Å². The first-order chi connectivity index (χ1) is 8.19. The molecule has 3 N–H and O–H groups in total. The van der Waals surface area contributed by atoms with Crippen LogP contribution in [0.25, 0.3) is 0 Å². The molecule has 1 atom stereocenters. The average molecular weight is 233 g/mol. The van der Waals surface area contributed by atoms with E-state index in [1.807, 2.05) is 6.07 Å². The molecule has 1 aliphatic heterocycles. The maximum absolute atomic E-state index is 5.83. The summed E-state index contributed by atoms with van der Waals surface area (Å²) in [6.45, 7) is 7.84. The third-order valence-corrected chi connectivity index (χ3v) is 3.59. The molecule has 17 heavy (non-hydrogen) atoms. The first-order valence-corrected chi connectivity index (χ1v) is 6.54. The topological polar surface area (TPSA) is 41.3 Å². The predicted octanol–water partition coefficient (Wildman–Crippen LogP) is 2.47. The number of nitrogen functional groups attached to an aromatic ring is 1. The molecule has 0 spiro atoms. The maximum atomic E-state index is 5.83. The van der Waals surface area contributed by atoms with Crippen molar-refractivity contribution >= 4 is 11.4 Å². The second kappa shape index (κ2) is 5.41. The van der Waals surface area contributed by atoms with E-state index < -0.39 is 0 Å². The molecular formula is C14H23N3. The van der Waals surface area contributed by atoms with E-state index in [1.54, 1.807) is 0 Å². The second-order valence-corrected chi connectivity index (χ2v) is 4.95. The number of nitrogens with zero attached hydrogens (tertiary/aromatic N) is 1. The largest absolute Gasteiger partial charge is 0.399 e. The quantitative estimate of drug-likeness (QED) is 0.788. The van der Waals surface area contributed by atoms with Gasteiger partial charge in [-0.3, -0.25) is 0 Å². The normalized spacial score (nSPS) is 21.4. The van der Waals surface area contributed by atoms with Gasteiger partial charge >= 0.3 is 0 Å². The molecule has 94 valence electrons. The van der Waals surface area contributed by atoms with Crippen LogP contribution < -0.4 is 11.1 Å². The van der Waals surface area contributed by atoms with Crippen LogP contribution in [0.5, 0.6) is 0 Å². The van der Waals surface area contributed by atoms with Gasteiger partial charge in [-0.05, 0) is 56.6 Å². The summed E-state index contributed by atoms with van der Waals surface area (Å²) in [6, 6.07) is 6.78. The van der Waals surface area contributed by atoms with Crippen molar-refractivity contribution in [3.8, 4) is 0 Å². The van der Waals surface area contributed by atoms with Crippen molar-refractivity contribution in [2.75, 3.05) is 30.7 Å². The van der Waals surface area contributed by atoms with Crippen molar-refractivity contribution in [2.45, 2.75) is 32.7 Å². The lowest BCUT2D eigenvalue weighted by Gasteiger charge is -2.32. The fraction of sp³-hybridized carbons (Fsp3) is 0.571. The highest BCUT2D eigenvalue weighted by atomic mass is 15.2. The maximum Gasteiger partial charge on any atom is 0.0388 e. The highest BCUT2D eigenvalue weighted by Gasteiger charge is 2.18. The fourth-order valence-corrected chi connectivity index (χ4v) is 2.46. The van der Waals surface area contributed by atoms with Crippen LogP contribution >= 0.6 is 0 Å². The van der Waals surface area contributed by atoms with Gasteiger partial charge in [0.1, 0.15) is 0 Å². The number of piperidine rings is 1. The van der Waals surface area contributed by atoms with Gasteiger partial charge in [-0.1, -0.05) is 6.92 Å². The van der Waals surface area contributed by atoms with Gasteiger partial charge in [0, 0.05) is 24.0 Å². The van der Waals surface area contributed by atoms with Gasteiger partial charge in [0.05, 0.1) is 0 Å². The van der Waals surface area contributed by atoms with Crippen LogP contribution in [0.1, 0.15) is 25.3 Å². The van der Waals surface area contributed by atoms with Crippen LogP contribution in [0.3, 0.4) is 0 Å². The summed E-state index contributed by atoms with van der Waals surface area (Å²) < 4.78 is 0. The average Bonchev–Trinajstić information content (AvgIpc) is 2.34. The van der Waals surface area contributed by atoms with Gasteiger partial charge in [0.25, 0.3) is 0 Å². The summed E-state index contributed by atoms with van der Waals surface area (Å²) in [5.41, 5.74) is 9.04. The SMILES string of the molecule is CCN1CCCC(Nc2ccc(N)c(C)c2)C1. The minimum Gasteiger partial charge on any atom is -0.399 e. The molecule has 0 radical (unpaired) electrons. The number of aryl methyl sites for hydroxylation is 1. The summed E-state index contributed by atoms with van der Waals surface area (Å²) in [4.78, 5) is 2.51. The van der Waals surface area contributed by atoms with Gasteiger partial charge in [-0.2, -0.15) is 0 Å². The molecular weight excluding hydrogens is 210 g/mol. The van der Waals surface area contributed by atoms with E-state index >= 15 is 0 Å². The number of anilines is 2. The first-order valence-electron chi connectivity index (χ1n) is 6.54. The highest BCUT2D eigenvalue weighted by Crippen LogP contribution is 2.20. The van der Waals surface area contributed by atoms with Crippen LogP contribution in [-0.4, -0.2) is 30.6 Å². The minimum atomic E-state index is 0.576. The van der Waals surface area contributed by atoms with E-state index in [2.05, 4.69) is 36.2 Å². The molecule has 1 unspecified atom stereocenters. The number of nitrogens with two attached hydrogens (primary N) is 1. The molecule has 2 rings (SSSR count). The highest BCUT2D eigenvalue weighted by molar-refractivity contribution is 5.57. The van der Waals surface area contributed by atoms with E-state index in [0.717, 1.165) is 24.3 Å². The molecule has 0 saturated carbocycles. The van der Waals surface area contributed by atoms with E-state index in [4.69, 9.17) is 5.73 Å². The Balaban J connectivity index is 1.97. The molecule has 1 saturated heterocycles. The molecule has 0 aromatic heterocycles. The standard InChI is InChI=1S/C14H23N3/c1-3-17-8-4-5-13(10-17)16-12-6-7-14(15)11(2)9-12/h6-7,9,13,16H,3-5,8,10,15H2,1-2H3. The number of hydrogen-bond acceptors (Lipinski definition) is 3. The van der Waals surface area contributed by atoms with E-state index in [0.29, 0.717) is 6.04 Å². The predicted molar refractivity (Wildman–Crippen MR) is 74.4 cm³/mol. The Kier molecular flexibility index (Phi) is 3.89. The third-order valence-electron chi connectivity index (χ3n) is 3.59. The summed E-state index contributed by atoms with van der Waals surface area (Å²) in [5.74, 6) is 0. The van der Waals surface area contributed by atoms with Crippen LogP contribution in [0.4, 0.5) is 11.4 Å². The van der Waals surface area contributed by atoms with Gasteiger partial charge < -0.3 is 16.0 Å². The molecule has 3 nitrogen and oxygen atoms in total. The smallest absolute Gasteiger partial charge is 0.0388 e. The second-order valence-electron chi connectivity index (χ2n) is 4.95. The van der Waals surface area contributed by atoms with Crippen molar-refractivity contribution in [1.82, 2.24) is 4.90 Å². The lowest BCUT2D eigenvalue weighted by molar-refractivity contribution is 0.227. The van der Waals surface area contributed by atoms with Crippen LogP contribution in [0, 0.1) is 6.92 Å². The molecule has 1 fully saturated rings. The third kappa shape index (κ3) is 3.13. The fourth-order valence-electron chi connectivity index (χ4n) is 2.46. The Labute approximate surface area is 104 Å². The van der Waals surface area contributed by atoms with Crippen molar-refractivity contribution in [1.29, 1.82) is 0 Å². The number of rotatable bonds is 3. The van der Waals surface area contributed by atoms with Crippen LogP contribution in [-0.2, 0) is 0 Å². The monoisotopic (exact) mass is 233 g/mol. The molecule has 1 aromatic rings. The van der Waals surface area contributed by atoms with Gasteiger partial charge in [-0.15, -0.1) is 0 Å². The lowest BCUT2D eigenvalue weighted by atomic mass is 10.0. The zero-order chi connectivity index (χ0) is 12.3. The van der Waals surface area contributed by atoms with Crippen LogP contribution in [0.2, 0.25) is 0 Å². The Morgan fingerprint density at radius 2 is 2.29 bits per heavy atom. The number of nitrogens with one attached hydrogen (secondary N) is 1. The van der Waals surface area contributed by atoms with Gasteiger partial charge in [-0.25, -0.2) is 0 Å². The summed E-state index contributed by atoms with van der Waals surface area (Å²) >= 11 is 0. The van der Waals surface area contributed by atoms with E-state index in [1.165, 1.54) is 25.1 Å². The molecule has 1 heterocycles. The molecule has 1 aliphatic rings. The number of hydrogen-bond donors (Lipinski definition) is 2. The molecule has 0 amide bonds. The van der Waals surface area contributed by atoms with Crippen molar-refractivity contribution in [3.63, 3.8) is 0 Å². The number of likely N-dealkylation sites (N-methyl/N-ethyl adjacent to an activating group) is 1. The zero-order valence-electron chi connectivity index (χ0n) is 10.9. The Morgan fingerprint density at radius 3 is 3.00 bits per heavy atom. The van der Waals surface area contributed by atoms with Crippen molar-refractivity contribution in [3.05, 3.63) is 23.8 Å². The van der Waals surface area contributed by atoms with Crippen molar-refractivity contribution < 1.29 is 0 Å². The molecule has 1 aromatic carbocycles.